The number of hydrogen-bond acceptors (Lipinski definition) is 6. The third-order valence-corrected chi connectivity index (χ3v) is 4.35. The Bertz CT molecular complexity index is 838. The number of hydrogen-bond donors (Lipinski definition) is 4. The van der Waals surface area contributed by atoms with E-state index in [-0.39, 0.29) is 29.6 Å². The number of carbonyl (C=O) groups is 2. The number of nitrogens with zero attached hydrogens (tertiary/aromatic N) is 3. The van der Waals surface area contributed by atoms with E-state index in [2.05, 4.69) is 10.2 Å². The largest absolute Gasteiger partial charge is 0.507 e. The number of rotatable bonds is 4. The molecule has 0 saturated heterocycles. The van der Waals surface area contributed by atoms with Crippen LogP contribution < -0.4 is 0 Å². The van der Waals surface area contributed by atoms with Gasteiger partial charge in [-0.2, -0.15) is 5.10 Å². The number of amides is 1. The fraction of sp³-hybridized carbons (Fsp3) is 0.267. The van der Waals surface area contributed by atoms with Crippen molar-refractivity contribution in [1.29, 1.82) is 0 Å². The van der Waals surface area contributed by atoms with Gasteiger partial charge >= 0.3 is 6.09 Å². The molecule has 0 bridgehead atoms. The number of carboxylic acid groups (broad SMARTS) is 1. The van der Waals surface area contributed by atoms with E-state index in [4.69, 9.17) is 11.6 Å². The average Bonchev–Trinajstić information content (AvgIpc) is 2.98. The van der Waals surface area contributed by atoms with E-state index in [1.807, 2.05) is 0 Å². The topological polar surface area (TPSA) is 130 Å². The minimum absolute atomic E-state index is 0.0605. The summed E-state index contributed by atoms with van der Waals surface area (Å²) in [4.78, 5) is 22.1. The lowest BCUT2D eigenvalue weighted by Crippen LogP contribution is -2.48. The highest BCUT2D eigenvalue weighted by Crippen LogP contribution is 2.39. The summed E-state index contributed by atoms with van der Waals surface area (Å²) in [7, 11) is 0. The van der Waals surface area contributed by atoms with Gasteiger partial charge in [-0.1, -0.05) is 11.6 Å². The van der Waals surface area contributed by atoms with Crippen molar-refractivity contribution >= 4 is 24.0 Å². The zero-order chi connectivity index (χ0) is 18.1. The molecule has 9 nitrogen and oxygen atoms in total. The predicted molar refractivity (Wildman–Crippen MR) is 87.3 cm³/mol. The van der Waals surface area contributed by atoms with Gasteiger partial charge in [0, 0.05) is 42.4 Å². The molecular formula is C15H15ClN4O5. The number of benzene rings is 1. The van der Waals surface area contributed by atoms with Gasteiger partial charge in [-0.05, 0) is 6.07 Å². The molecule has 3 rings (SSSR count). The molecule has 2 heterocycles. The molecule has 2 aromatic rings. The van der Waals surface area contributed by atoms with Crippen LogP contribution in [0.25, 0.3) is 11.3 Å². The number of aldehydes is 1. The number of H-pyrrole nitrogens is 1. The van der Waals surface area contributed by atoms with Crippen molar-refractivity contribution in [2.75, 3.05) is 13.1 Å². The number of halogens is 1. The second-order valence-corrected chi connectivity index (χ2v) is 5.93. The smallest absolute Gasteiger partial charge is 0.422 e. The van der Waals surface area contributed by atoms with Crippen molar-refractivity contribution in [3.05, 3.63) is 28.4 Å². The molecule has 0 saturated carbocycles. The Hall–Kier alpha value is -2.78. The lowest BCUT2D eigenvalue weighted by atomic mass is 10.0. The molecule has 1 aromatic heterocycles. The van der Waals surface area contributed by atoms with Crippen molar-refractivity contribution in [3.8, 4) is 22.8 Å². The van der Waals surface area contributed by atoms with Crippen molar-refractivity contribution in [2.45, 2.75) is 13.0 Å². The molecule has 0 fully saturated rings. The first-order chi connectivity index (χ1) is 11.9. The maximum absolute atomic E-state index is 11.3. The van der Waals surface area contributed by atoms with Crippen LogP contribution in [-0.4, -0.2) is 61.0 Å². The molecule has 1 aliphatic heterocycles. The Morgan fingerprint density at radius 1 is 1.40 bits per heavy atom. The van der Waals surface area contributed by atoms with Gasteiger partial charge in [-0.3, -0.25) is 5.10 Å². The summed E-state index contributed by atoms with van der Waals surface area (Å²) in [5.41, 5.74) is 2.24. The normalized spacial score (nSPS) is 14.1. The molecule has 0 aliphatic carbocycles. The summed E-state index contributed by atoms with van der Waals surface area (Å²) in [6, 6.07) is 2.51. The van der Waals surface area contributed by atoms with E-state index >= 15 is 0 Å². The molecule has 25 heavy (non-hydrogen) atoms. The summed E-state index contributed by atoms with van der Waals surface area (Å²) < 4.78 is 0. The summed E-state index contributed by atoms with van der Waals surface area (Å²) in [5, 5.41) is 38.5. The maximum Gasteiger partial charge on any atom is 0.422 e. The van der Waals surface area contributed by atoms with Gasteiger partial charge in [-0.25, -0.2) is 14.8 Å². The molecule has 1 amide bonds. The molecule has 1 aromatic carbocycles. The number of carbonyl (C=O) groups excluding carboxylic acids is 1. The quantitative estimate of drug-likeness (QED) is 0.604. The summed E-state index contributed by atoms with van der Waals surface area (Å²) in [6.45, 7) is 0.324. The monoisotopic (exact) mass is 366 g/mol. The molecule has 1 aliphatic rings. The third-order valence-electron chi connectivity index (χ3n) is 4.04. The second-order valence-electron chi connectivity index (χ2n) is 5.52. The van der Waals surface area contributed by atoms with Crippen LogP contribution in [-0.2, 0) is 17.8 Å². The van der Waals surface area contributed by atoms with Gasteiger partial charge in [0.15, 0.2) is 0 Å². The predicted octanol–water partition coefficient (Wildman–Crippen LogP) is 1.59. The van der Waals surface area contributed by atoms with Crippen LogP contribution in [0.4, 0.5) is 4.79 Å². The van der Waals surface area contributed by atoms with Crippen LogP contribution in [0.5, 0.6) is 11.5 Å². The number of aromatic hydroxyl groups is 2. The summed E-state index contributed by atoms with van der Waals surface area (Å²) in [5.74, 6) is -0.451. The SMILES string of the molecule is O=CCN(C(=O)O)N1CCc2[nH]nc(-c3cc(Cl)c(O)cc3O)c2C1. The van der Waals surface area contributed by atoms with E-state index in [1.165, 1.54) is 11.1 Å². The van der Waals surface area contributed by atoms with Crippen LogP contribution in [0, 0.1) is 0 Å². The van der Waals surface area contributed by atoms with E-state index in [1.54, 1.807) is 0 Å². The number of fused-ring (bicyclic) bond motifs is 1. The van der Waals surface area contributed by atoms with E-state index in [0.29, 0.717) is 36.1 Å². The fourth-order valence-corrected chi connectivity index (χ4v) is 3.00. The van der Waals surface area contributed by atoms with Crippen LogP contribution in [0.15, 0.2) is 12.1 Å². The van der Waals surface area contributed by atoms with Gasteiger partial charge < -0.3 is 20.1 Å². The first kappa shape index (κ1) is 17.1. The minimum atomic E-state index is -1.23. The summed E-state index contributed by atoms with van der Waals surface area (Å²) in [6.07, 6.45) is -0.209. The lowest BCUT2D eigenvalue weighted by Gasteiger charge is -2.34. The highest BCUT2D eigenvalue weighted by Gasteiger charge is 2.29. The van der Waals surface area contributed by atoms with Crippen LogP contribution in [0.1, 0.15) is 11.3 Å². The van der Waals surface area contributed by atoms with Gasteiger partial charge in [0.2, 0.25) is 0 Å². The number of aromatic nitrogens is 2. The van der Waals surface area contributed by atoms with E-state index < -0.39 is 6.09 Å². The van der Waals surface area contributed by atoms with Crippen molar-refractivity contribution in [2.24, 2.45) is 0 Å². The molecule has 4 N–H and O–H groups in total. The Labute approximate surface area is 147 Å². The molecule has 132 valence electrons. The highest BCUT2D eigenvalue weighted by atomic mass is 35.5. The van der Waals surface area contributed by atoms with Crippen LogP contribution in [0.2, 0.25) is 5.02 Å². The van der Waals surface area contributed by atoms with Crippen LogP contribution in [0.3, 0.4) is 0 Å². The van der Waals surface area contributed by atoms with Crippen molar-refractivity contribution in [1.82, 2.24) is 20.2 Å². The zero-order valence-electron chi connectivity index (χ0n) is 12.9. The number of phenols is 2. The van der Waals surface area contributed by atoms with Gasteiger partial charge in [0.05, 0.1) is 11.6 Å². The Balaban J connectivity index is 1.98. The Morgan fingerprint density at radius 2 is 2.16 bits per heavy atom. The standard InChI is InChI=1S/C15H15ClN4O5/c16-10-5-8(12(22)6-13(10)23)14-9-7-19(2-1-11(9)17-18-14)20(3-4-21)15(24)25/h4-6,22-23H,1-3,7H2,(H,17,18)(H,24,25). The molecule has 0 unspecified atom stereocenters. The van der Waals surface area contributed by atoms with Crippen molar-refractivity contribution < 1.29 is 24.9 Å². The minimum Gasteiger partial charge on any atom is -0.507 e. The highest BCUT2D eigenvalue weighted by molar-refractivity contribution is 6.32. The Morgan fingerprint density at radius 3 is 2.84 bits per heavy atom. The van der Waals surface area contributed by atoms with Gasteiger partial charge in [0.1, 0.15) is 23.5 Å². The van der Waals surface area contributed by atoms with Gasteiger partial charge in [0.25, 0.3) is 0 Å². The zero-order valence-corrected chi connectivity index (χ0v) is 13.7. The molecule has 10 heteroatoms. The van der Waals surface area contributed by atoms with Crippen molar-refractivity contribution in [3.63, 3.8) is 0 Å². The third kappa shape index (κ3) is 3.11. The molecular weight excluding hydrogens is 352 g/mol. The summed E-state index contributed by atoms with van der Waals surface area (Å²) >= 11 is 5.91. The maximum atomic E-state index is 11.3. The number of hydrazine groups is 1. The molecule has 0 atom stereocenters. The average molecular weight is 367 g/mol. The first-order valence-electron chi connectivity index (χ1n) is 7.39. The number of nitrogens with one attached hydrogen (secondary N) is 1. The fourth-order valence-electron chi connectivity index (χ4n) is 2.84. The lowest BCUT2D eigenvalue weighted by molar-refractivity contribution is -0.113. The first-order valence-corrected chi connectivity index (χ1v) is 7.77. The van der Waals surface area contributed by atoms with E-state index in [0.717, 1.165) is 16.8 Å². The number of aromatic amines is 1. The Kier molecular flexibility index (Phi) is 4.51. The van der Waals surface area contributed by atoms with Crippen LogP contribution >= 0.6 is 11.6 Å². The molecule has 0 spiro atoms. The second kappa shape index (κ2) is 6.61. The molecule has 0 radical (unpaired) electrons. The van der Waals surface area contributed by atoms with Gasteiger partial charge in [-0.15, -0.1) is 0 Å². The van der Waals surface area contributed by atoms with E-state index in [9.17, 15) is 24.9 Å². The number of phenolic OH excluding ortho intramolecular Hbond substituents is 2.